The zero-order valence-corrected chi connectivity index (χ0v) is 12.8. The van der Waals surface area contributed by atoms with Crippen LogP contribution in [0.1, 0.15) is 20.7 Å². The number of benzene rings is 1. The first-order valence-electron chi connectivity index (χ1n) is 5.66. The van der Waals surface area contributed by atoms with E-state index in [9.17, 15) is 9.59 Å². The van der Waals surface area contributed by atoms with Crippen molar-refractivity contribution in [3.05, 3.63) is 35.4 Å². The van der Waals surface area contributed by atoms with Crippen LogP contribution in [-0.2, 0) is 0 Å². The molecule has 0 unspecified atom stereocenters. The van der Waals surface area contributed by atoms with Gasteiger partial charge in [-0.15, -0.1) is 10.2 Å². The number of amides is 2. The Kier molecular flexibility index (Phi) is 3.77. The third-order valence-electron chi connectivity index (χ3n) is 2.76. The Labute approximate surface area is 127 Å². The van der Waals surface area contributed by atoms with E-state index in [2.05, 4.69) is 10.2 Å². The summed E-state index contributed by atoms with van der Waals surface area (Å²) in [5.74, 6) is -0.226. The van der Waals surface area contributed by atoms with Crippen LogP contribution >= 0.6 is 34.9 Å². The molecule has 0 spiro atoms. The lowest BCUT2D eigenvalue weighted by Crippen LogP contribution is -2.29. The second-order valence-electron chi connectivity index (χ2n) is 3.90. The maximum Gasteiger partial charge on any atom is 0.262 e. The minimum absolute atomic E-state index is 0.243. The van der Waals surface area contributed by atoms with Crippen LogP contribution < -0.4 is 0 Å². The number of nitrogens with zero attached hydrogens (tertiary/aromatic N) is 3. The molecule has 0 bridgehead atoms. The van der Waals surface area contributed by atoms with Crippen LogP contribution in [0.5, 0.6) is 0 Å². The molecule has 0 atom stereocenters. The fourth-order valence-electron chi connectivity index (χ4n) is 1.81. The van der Waals surface area contributed by atoms with Crippen molar-refractivity contribution in [3.8, 4) is 0 Å². The van der Waals surface area contributed by atoms with E-state index in [4.69, 9.17) is 0 Å². The molecule has 2 amide bonds. The number of carbonyl (C=O) groups excluding carboxylic acids is 2. The SMILES string of the molecule is CSc1nnc(SCN2C(=O)c3ccccc3C2=O)s1. The summed E-state index contributed by atoms with van der Waals surface area (Å²) in [6, 6.07) is 6.88. The van der Waals surface area contributed by atoms with Gasteiger partial charge in [0, 0.05) is 0 Å². The summed E-state index contributed by atoms with van der Waals surface area (Å²) in [7, 11) is 0. The van der Waals surface area contributed by atoms with Gasteiger partial charge in [-0.2, -0.15) is 0 Å². The van der Waals surface area contributed by atoms with Crippen molar-refractivity contribution in [3.63, 3.8) is 0 Å². The van der Waals surface area contributed by atoms with Gasteiger partial charge in [0.2, 0.25) is 0 Å². The van der Waals surface area contributed by atoms with Gasteiger partial charge in [-0.3, -0.25) is 14.5 Å². The van der Waals surface area contributed by atoms with Crippen LogP contribution in [0, 0.1) is 0 Å². The van der Waals surface area contributed by atoms with Crippen molar-refractivity contribution < 1.29 is 9.59 Å². The number of thioether (sulfide) groups is 2. The molecule has 0 saturated carbocycles. The molecule has 0 aliphatic carbocycles. The molecular formula is C12H9N3O2S3. The zero-order chi connectivity index (χ0) is 14.1. The first-order chi connectivity index (χ1) is 9.70. The van der Waals surface area contributed by atoms with Gasteiger partial charge in [0.05, 0.1) is 17.0 Å². The number of hydrogen-bond donors (Lipinski definition) is 0. The third-order valence-corrected chi connectivity index (χ3v) is 5.77. The largest absolute Gasteiger partial charge is 0.269 e. The Balaban J connectivity index is 1.73. The molecule has 8 heteroatoms. The Morgan fingerprint density at radius 2 is 1.70 bits per heavy atom. The van der Waals surface area contributed by atoms with Crippen molar-refractivity contribution in [2.45, 2.75) is 8.68 Å². The summed E-state index contributed by atoms with van der Waals surface area (Å²) in [4.78, 5) is 25.5. The molecule has 0 radical (unpaired) electrons. The van der Waals surface area contributed by atoms with Gasteiger partial charge in [-0.1, -0.05) is 47.0 Å². The third kappa shape index (κ3) is 2.34. The van der Waals surface area contributed by atoms with Crippen molar-refractivity contribution in [1.29, 1.82) is 0 Å². The summed E-state index contributed by atoms with van der Waals surface area (Å²) >= 11 is 4.33. The maximum atomic E-state index is 12.1. The molecule has 3 rings (SSSR count). The van der Waals surface area contributed by atoms with Gasteiger partial charge < -0.3 is 0 Å². The summed E-state index contributed by atoms with van der Waals surface area (Å²) < 4.78 is 1.63. The maximum absolute atomic E-state index is 12.1. The average molecular weight is 323 g/mol. The summed E-state index contributed by atoms with van der Waals surface area (Å²) in [6.45, 7) is 0. The smallest absolute Gasteiger partial charge is 0.262 e. The molecule has 0 N–H and O–H groups in total. The van der Waals surface area contributed by atoms with Crippen LogP contribution in [0.3, 0.4) is 0 Å². The Hall–Kier alpha value is -1.38. The number of hydrogen-bond acceptors (Lipinski definition) is 7. The number of fused-ring (bicyclic) bond motifs is 1. The number of imide groups is 1. The summed E-state index contributed by atoms with van der Waals surface area (Å²) in [5.41, 5.74) is 0.945. The van der Waals surface area contributed by atoms with E-state index < -0.39 is 0 Å². The van der Waals surface area contributed by atoms with Crippen molar-refractivity contribution in [2.75, 3.05) is 12.1 Å². The Morgan fingerprint density at radius 1 is 1.10 bits per heavy atom. The molecule has 2 heterocycles. The molecule has 2 aromatic rings. The predicted octanol–water partition coefficient (Wildman–Crippen LogP) is 2.61. The Bertz CT molecular complexity index is 651. The fourth-order valence-corrected chi connectivity index (χ4v) is 4.18. The van der Waals surface area contributed by atoms with Crippen LogP contribution in [-0.4, -0.2) is 39.0 Å². The van der Waals surface area contributed by atoms with Crippen molar-refractivity contribution in [1.82, 2.24) is 15.1 Å². The molecule has 20 heavy (non-hydrogen) atoms. The summed E-state index contributed by atoms with van der Waals surface area (Å²) in [5, 5.41) is 7.99. The molecule has 1 aliphatic rings. The lowest BCUT2D eigenvalue weighted by atomic mass is 10.1. The lowest BCUT2D eigenvalue weighted by molar-refractivity contribution is 0.0684. The van der Waals surface area contributed by atoms with E-state index in [-0.39, 0.29) is 17.7 Å². The van der Waals surface area contributed by atoms with Crippen LogP contribution in [0.2, 0.25) is 0 Å². The van der Waals surface area contributed by atoms with Gasteiger partial charge in [0.25, 0.3) is 11.8 Å². The first kappa shape index (κ1) is 13.6. The zero-order valence-electron chi connectivity index (χ0n) is 10.4. The van der Waals surface area contributed by atoms with Crippen molar-refractivity contribution in [2.24, 2.45) is 0 Å². The molecule has 1 aromatic heterocycles. The second-order valence-corrected chi connectivity index (χ2v) is 7.12. The number of carbonyl (C=O) groups is 2. The second kappa shape index (κ2) is 5.55. The van der Waals surface area contributed by atoms with E-state index in [1.165, 1.54) is 39.8 Å². The standard InChI is InChI=1S/C12H9N3O2S3/c1-18-11-13-14-12(20-11)19-6-15-9(16)7-4-2-3-5-8(7)10(15)17/h2-5H,6H2,1H3. The number of rotatable bonds is 4. The molecule has 0 saturated heterocycles. The van der Waals surface area contributed by atoms with E-state index in [1.807, 2.05) is 6.26 Å². The van der Waals surface area contributed by atoms with E-state index in [0.29, 0.717) is 11.1 Å². The topological polar surface area (TPSA) is 63.2 Å². The molecule has 102 valence electrons. The van der Waals surface area contributed by atoms with Gasteiger partial charge in [0.15, 0.2) is 8.68 Å². The normalized spacial score (nSPS) is 13.9. The predicted molar refractivity (Wildman–Crippen MR) is 79.4 cm³/mol. The number of aromatic nitrogens is 2. The highest BCUT2D eigenvalue weighted by Gasteiger charge is 2.35. The molecule has 1 aliphatic heterocycles. The monoisotopic (exact) mass is 323 g/mol. The summed E-state index contributed by atoms with van der Waals surface area (Å²) in [6.07, 6.45) is 1.93. The highest BCUT2D eigenvalue weighted by atomic mass is 32.2. The van der Waals surface area contributed by atoms with E-state index in [0.717, 1.165) is 8.68 Å². The highest BCUT2D eigenvalue weighted by molar-refractivity contribution is 8.02. The van der Waals surface area contributed by atoms with Crippen LogP contribution in [0.15, 0.2) is 32.9 Å². The van der Waals surface area contributed by atoms with Gasteiger partial charge >= 0.3 is 0 Å². The highest BCUT2D eigenvalue weighted by Crippen LogP contribution is 2.30. The van der Waals surface area contributed by atoms with E-state index in [1.54, 1.807) is 24.3 Å². The van der Waals surface area contributed by atoms with Gasteiger partial charge in [0.1, 0.15) is 0 Å². The molecular weight excluding hydrogens is 314 g/mol. The Morgan fingerprint density at radius 3 is 2.25 bits per heavy atom. The molecule has 0 fully saturated rings. The molecule has 1 aromatic carbocycles. The van der Waals surface area contributed by atoms with Crippen LogP contribution in [0.25, 0.3) is 0 Å². The average Bonchev–Trinajstić information content (AvgIpc) is 3.03. The lowest BCUT2D eigenvalue weighted by Gasteiger charge is -2.11. The van der Waals surface area contributed by atoms with Crippen LogP contribution in [0.4, 0.5) is 0 Å². The minimum atomic E-state index is -0.243. The van der Waals surface area contributed by atoms with E-state index >= 15 is 0 Å². The van der Waals surface area contributed by atoms with Crippen molar-refractivity contribution >= 4 is 46.7 Å². The quantitative estimate of drug-likeness (QED) is 0.636. The van der Waals surface area contributed by atoms with Gasteiger partial charge in [-0.05, 0) is 18.4 Å². The fraction of sp³-hybridized carbons (Fsp3) is 0.167. The first-order valence-corrected chi connectivity index (χ1v) is 8.69. The molecule has 5 nitrogen and oxygen atoms in total. The van der Waals surface area contributed by atoms with Gasteiger partial charge in [-0.25, -0.2) is 0 Å². The minimum Gasteiger partial charge on any atom is -0.269 e.